The van der Waals surface area contributed by atoms with Crippen molar-refractivity contribution in [3.63, 3.8) is 0 Å². The average Bonchev–Trinajstić information content (AvgIpc) is 3.14. The summed E-state index contributed by atoms with van der Waals surface area (Å²) in [5, 5.41) is 12.9. The van der Waals surface area contributed by atoms with Crippen LogP contribution in [0.25, 0.3) is 5.65 Å². The Hall–Kier alpha value is -2.18. The molecular formula is C16H20N6O. The van der Waals surface area contributed by atoms with Crippen molar-refractivity contribution in [1.29, 1.82) is 0 Å². The predicted molar refractivity (Wildman–Crippen MR) is 84.2 cm³/mol. The number of nitrogens with zero attached hydrogens (tertiary/aromatic N) is 6. The highest BCUT2D eigenvalue weighted by Gasteiger charge is 2.42. The van der Waals surface area contributed by atoms with Gasteiger partial charge in [0.2, 0.25) is 11.6 Å². The molecule has 0 N–H and O–H groups in total. The molecule has 1 saturated carbocycles. The van der Waals surface area contributed by atoms with Gasteiger partial charge < -0.3 is 9.80 Å². The summed E-state index contributed by atoms with van der Waals surface area (Å²) in [5.41, 5.74) is 3.02. The highest BCUT2D eigenvalue weighted by atomic mass is 16.2. The number of fused-ring (bicyclic) bond motifs is 2. The van der Waals surface area contributed by atoms with Crippen molar-refractivity contribution >= 4 is 17.2 Å². The number of rotatable bonds is 2. The topological polar surface area (TPSA) is 66.6 Å². The van der Waals surface area contributed by atoms with E-state index in [4.69, 9.17) is 0 Å². The van der Waals surface area contributed by atoms with Crippen molar-refractivity contribution in [3.05, 3.63) is 18.1 Å². The third-order valence-electron chi connectivity index (χ3n) is 5.57. The van der Waals surface area contributed by atoms with Crippen molar-refractivity contribution in [2.24, 2.45) is 11.8 Å². The quantitative estimate of drug-likeness (QED) is 0.825. The van der Waals surface area contributed by atoms with Gasteiger partial charge >= 0.3 is 0 Å². The SMILES string of the molecule is CN1CC[C@@H]2CN(c3cc(C4CC4)nn4cnnc34)C[C@@H]2C1=O. The monoisotopic (exact) mass is 312 g/mol. The van der Waals surface area contributed by atoms with Crippen LogP contribution >= 0.6 is 0 Å². The Balaban J connectivity index is 1.53. The fourth-order valence-electron chi connectivity index (χ4n) is 4.03. The third kappa shape index (κ3) is 2.02. The molecule has 0 radical (unpaired) electrons. The summed E-state index contributed by atoms with van der Waals surface area (Å²) in [5.74, 6) is 1.45. The van der Waals surface area contributed by atoms with Gasteiger partial charge in [-0.25, -0.2) is 0 Å². The van der Waals surface area contributed by atoms with E-state index >= 15 is 0 Å². The standard InChI is InChI=1S/C16H20N6O/c1-20-5-4-11-7-21(8-12(11)16(20)23)14-6-13(10-2-3-10)19-22-9-17-18-15(14)22/h6,9-12H,2-5,7-8H2,1H3/t11-,12+/m1/s1. The van der Waals surface area contributed by atoms with Crippen molar-refractivity contribution in [3.8, 4) is 0 Å². The van der Waals surface area contributed by atoms with Crippen molar-refractivity contribution < 1.29 is 4.79 Å². The van der Waals surface area contributed by atoms with Gasteiger partial charge in [0, 0.05) is 32.6 Å². The van der Waals surface area contributed by atoms with Gasteiger partial charge in [0.15, 0.2) is 0 Å². The van der Waals surface area contributed by atoms with Crippen LogP contribution in [0, 0.1) is 11.8 Å². The van der Waals surface area contributed by atoms with Crippen molar-refractivity contribution in [2.75, 3.05) is 31.6 Å². The first kappa shape index (κ1) is 13.3. The maximum absolute atomic E-state index is 12.4. The Morgan fingerprint density at radius 2 is 2.09 bits per heavy atom. The van der Waals surface area contributed by atoms with Crippen LogP contribution in [0.3, 0.4) is 0 Å². The van der Waals surface area contributed by atoms with Crippen molar-refractivity contribution in [1.82, 2.24) is 24.7 Å². The second-order valence-electron chi connectivity index (χ2n) is 7.15. The van der Waals surface area contributed by atoms with Crippen LogP contribution in [0.5, 0.6) is 0 Å². The summed E-state index contributed by atoms with van der Waals surface area (Å²) in [4.78, 5) is 16.6. The number of hydrogen-bond donors (Lipinski definition) is 0. The highest BCUT2D eigenvalue weighted by molar-refractivity contribution is 5.82. The molecule has 0 unspecified atom stereocenters. The van der Waals surface area contributed by atoms with Crippen molar-refractivity contribution in [2.45, 2.75) is 25.2 Å². The van der Waals surface area contributed by atoms with Crippen LogP contribution in [0.15, 0.2) is 12.4 Å². The lowest BCUT2D eigenvalue weighted by Crippen LogP contribution is -2.42. The molecule has 1 aliphatic carbocycles. The molecule has 23 heavy (non-hydrogen) atoms. The maximum atomic E-state index is 12.4. The first-order chi connectivity index (χ1) is 11.2. The Kier molecular flexibility index (Phi) is 2.69. The molecule has 3 aliphatic rings. The molecule has 7 nitrogen and oxygen atoms in total. The molecule has 0 bridgehead atoms. The largest absolute Gasteiger partial charge is 0.367 e. The van der Waals surface area contributed by atoms with Crippen LogP contribution in [0.4, 0.5) is 5.69 Å². The van der Waals surface area contributed by atoms with Crippen LogP contribution in [-0.4, -0.2) is 57.3 Å². The lowest BCUT2D eigenvalue weighted by atomic mass is 9.88. The molecule has 3 fully saturated rings. The molecule has 120 valence electrons. The number of hydrogen-bond acceptors (Lipinski definition) is 5. The molecular weight excluding hydrogens is 292 g/mol. The molecule has 0 spiro atoms. The average molecular weight is 312 g/mol. The molecule has 4 heterocycles. The van der Waals surface area contributed by atoms with E-state index in [0.29, 0.717) is 11.8 Å². The minimum Gasteiger partial charge on any atom is -0.367 e. The zero-order valence-electron chi connectivity index (χ0n) is 13.2. The van der Waals surface area contributed by atoms with Crippen LogP contribution in [-0.2, 0) is 4.79 Å². The second kappa shape index (κ2) is 4.66. The molecule has 1 amide bonds. The molecule has 2 aromatic rings. The third-order valence-corrected chi connectivity index (χ3v) is 5.57. The van der Waals surface area contributed by atoms with Gasteiger partial charge in [-0.2, -0.15) is 9.61 Å². The first-order valence-corrected chi connectivity index (χ1v) is 8.41. The van der Waals surface area contributed by atoms with E-state index in [9.17, 15) is 4.79 Å². The Bertz CT molecular complexity index is 782. The summed E-state index contributed by atoms with van der Waals surface area (Å²) in [6, 6.07) is 2.17. The molecule has 7 heteroatoms. The number of aromatic nitrogens is 4. The van der Waals surface area contributed by atoms with Gasteiger partial charge in [0.05, 0.1) is 17.3 Å². The van der Waals surface area contributed by atoms with E-state index in [1.807, 2.05) is 11.9 Å². The first-order valence-electron chi connectivity index (χ1n) is 8.41. The lowest BCUT2D eigenvalue weighted by Gasteiger charge is -2.30. The molecule has 2 aromatic heterocycles. The van der Waals surface area contributed by atoms with E-state index in [0.717, 1.165) is 43.1 Å². The number of likely N-dealkylation sites (tertiary alicyclic amines) is 1. The van der Waals surface area contributed by atoms with Crippen LogP contribution in [0.1, 0.15) is 30.9 Å². The number of carbonyl (C=O) groups excluding carboxylic acids is 1. The van der Waals surface area contributed by atoms with Gasteiger partial charge in [0.1, 0.15) is 6.33 Å². The molecule has 2 aliphatic heterocycles. The van der Waals surface area contributed by atoms with Crippen LogP contribution in [0.2, 0.25) is 0 Å². The minimum atomic E-state index is 0.120. The summed E-state index contributed by atoms with van der Waals surface area (Å²) in [6.07, 6.45) is 5.20. The van der Waals surface area contributed by atoms with E-state index in [1.54, 1.807) is 10.8 Å². The molecule has 2 atom stereocenters. The van der Waals surface area contributed by atoms with E-state index in [-0.39, 0.29) is 11.8 Å². The number of piperidine rings is 1. The smallest absolute Gasteiger partial charge is 0.227 e. The second-order valence-corrected chi connectivity index (χ2v) is 7.15. The van der Waals surface area contributed by atoms with Gasteiger partial charge in [0.25, 0.3) is 0 Å². The van der Waals surface area contributed by atoms with Gasteiger partial charge in [-0.05, 0) is 31.2 Å². The normalized spacial score (nSPS) is 27.8. The summed E-state index contributed by atoms with van der Waals surface area (Å²) in [7, 11) is 1.91. The summed E-state index contributed by atoms with van der Waals surface area (Å²) in [6.45, 7) is 2.59. The van der Waals surface area contributed by atoms with Crippen LogP contribution < -0.4 is 4.90 Å². The fourth-order valence-corrected chi connectivity index (χ4v) is 4.03. The Morgan fingerprint density at radius 1 is 1.22 bits per heavy atom. The van der Waals surface area contributed by atoms with Gasteiger partial charge in [-0.1, -0.05) is 0 Å². The maximum Gasteiger partial charge on any atom is 0.227 e. The number of carbonyl (C=O) groups is 1. The van der Waals surface area contributed by atoms with Gasteiger partial charge in [-0.3, -0.25) is 4.79 Å². The summed E-state index contributed by atoms with van der Waals surface area (Å²) >= 11 is 0. The zero-order chi connectivity index (χ0) is 15.6. The Labute approximate surface area is 134 Å². The van der Waals surface area contributed by atoms with E-state index < -0.39 is 0 Å². The number of amides is 1. The fraction of sp³-hybridized carbons (Fsp3) is 0.625. The van der Waals surface area contributed by atoms with E-state index in [1.165, 1.54) is 12.8 Å². The number of anilines is 1. The van der Waals surface area contributed by atoms with Gasteiger partial charge in [-0.15, -0.1) is 10.2 Å². The van der Waals surface area contributed by atoms with E-state index in [2.05, 4.69) is 26.3 Å². The highest BCUT2D eigenvalue weighted by Crippen LogP contribution is 2.41. The Morgan fingerprint density at radius 3 is 2.91 bits per heavy atom. The zero-order valence-corrected chi connectivity index (χ0v) is 13.2. The predicted octanol–water partition coefficient (Wildman–Crippen LogP) is 0.916. The minimum absolute atomic E-state index is 0.120. The lowest BCUT2D eigenvalue weighted by molar-refractivity contribution is -0.137. The molecule has 2 saturated heterocycles. The molecule has 5 rings (SSSR count). The summed E-state index contributed by atoms with van der Waals surface area (Å²) < 4.78 is 1.79. The molecule has 0 aromatic carbocycles.